The van der Waals surface area contributed by atoms with E-state index in [4.69, 9.17) is 0 Å². The van der Waals surface area contributed by atoms with Gasteiger partial charge in [-0.1, -0.05) is 24.3 Å². The highest BCUT2D eigenvalue weighted by Crippen LogP contribution is 2.19. The third-order valence-corrected chi connectivity index (χ3v) is 8.31. The zero-order chi connectivity index (χ0) is 25.0. The molecule has 8 nitrogen and oxygen atoms in total. The number of hydrogen-bond acceptors (Lipinski definition) is 6. The summed E-state index contributed by atoms with van der Waals surface area (Å²) in [7, 11) is -4.30. The second-order valence-electron chi connectivity index (χ2n) is 7.81. The third kappa shape index (κ3) is 5.41. The molecule has 0 bridgehead atoms. The predicted octanol–water partition coefficient (Wildman–Crippen LogP) is 2.40. The number of rotatable bonds is 6. The van der Waals surface area contributed by atoms with E-state index < -0.39 is 32.8 Å². The average Bonchev–Trinajstić information content (AvgIpc) is 3.42. The van der Waals surface area contributed by atoms with Crippen molar-refractivity contribution in [1.29, 1.82) is 0 Å². The van der Waals surface area contributed by atoms with Crippen LogP contribution in [0.15, 0.2) is 77.0 Å². The van der Waals surface area contributed by atoms with Crippen molar-refractivity contribution in [3.05, 3.63) is 88.4 Å². The number of hydrogen-bond donors (Lipinski definition) is 1. The molecule has 1 N–H and O–H groups in total. The highest BCUT2D eigenvalue weighted by atomic mass is 32.2. The summed E-state index contributed by atoms with van der Waals surface area (Å²) in [5, 5.41) is 2.24. The zero-order valence-corrected chi connectivity index (χ0v) is 20.1. The largest absolute Gasteiger partial charge is 0.336 e. The van der Waals surface area contributed by atoms with E-state index in [9.17, 15) is 27.2 Å². The third-order valence-electron chi connectivity index (χ3n) is 5.59. The number of nitrogens with one attached hydrogen (secondary N) is 1. The summed E-state index contributed by atoms with van der Waals surface area (Å²) >= 11 is 1.32. The number of carbonyl (C=O) groups excluding carboxylic acids is 3. The molecular formula is C24H22FN3O5S2. The number of nitrogens with zero attached hydrogens (tertiary/aromatic N) is 2. The first-order valence-corrected chi connectivity index (χ1v) is 13.2. The second kappa shape index (κ2) is 10.4. The van der Waals surface area contributed by atoms with Crippen molar-refractivity contribution < 1.29 is 27.2 Å². The molecular weight excluding hydrogens is 493 g/mol. The van der Waals surface area contributed by atoms with Gasteiger partial charge in [-0.25, -0.2) is 12.8 Å². The van der Waals surface area contributed by atoms with Gasteiger partial charge in [-0.15, -0.1) is 11.3 Å². The molecule has 2 aromatic carbocycles. The Balaban J connectivity index is 1.55. The minimum absolute atomic E-state index is 0.0128. The minimum atomic E-state index is -4.30. The molecule has 1 aromatic heterocycles. The van der Waals surface area contributed by atoms with E-state index in [-0.39, 0.29) is 42.5 Å². The lowest BCUT2D eigenvalue weighted by molar-refractivity contribution is -0.132. The first kappa shape index (κ1) is 24.6. The van der Waals surface area contributed by atoms with Crippen LogP contribution in [0.2, 0.25) is 0 Å². The van der Waals surface area contributed by atoms with E-state index in [1.54, 1.807) is 28.5 Å². The first-order valence-electron chi connectivity index (χ1n) is 10.7. The van der Waals surface area contributed by atoms with Crippen LogP contribution < -0.4 is 5.32 Å². The standard InChI is InChI=1S/C24H22FN3O5S2/c25-18-10-8-17(9-11-18)21(29)26-22(35(32,33)19-5-2-1-3-6-19)24(31)28-14-12-27(13-15-28)23(30)20-7-4-16-34-20/h1-11,16,22H,12-15H2,(H,26,29). The first-order chi connectivity index (χ1) is 16.8. The number of halogens is 1. The smallest absolute Gasteiger partial charge is 0.264 e. The molecule has 0 aliphatic carbocycles. The molecule has 1 unspecified atom stereocenters. The van der Waals surface area contributed by atoms with Gasteiger partial charge in [0.1, 0.15) is 5.82 Å². The molecule has 0 spiro atoms. The minimum Gasteiger partial charge on any atom is -0.336 e. The lowest BCUT2D eigenvalue weighted by atomic mass is 10.2. The molecule has 35 heavy (non-hydrogen) atoms. The molecule has 0 saturated carbocycles. The van der Waals surface area contributed by atoms with Crippen LogP contribution in [0.25, 0.3) is 0 Å². The number of carbonyl (C=O) groups is 3. The number of thiophene rings is 1. The summed E-state index contributed by atoms with van der Waals surface area (Å²) in [5.74, 6) is -2.33. The lowest BCUT2D eigenvalue weighted by Gasteiger charge is -2.36. The highest BCUT2D eigenvalue weighted by Gasteiger charge is 2.39. The van der Waals surface area contributed by atoms with E-state index in [1.807, 2.05) is 0 Å². The molecule has 3 aromatic rings. The second-order valence-corrected chi connectivity index (χ2v) is 10.8. The molecule has 4 rings (SSSR count). The Bertz CT molecular complexity index is 1300. The van der Waals surface area contributed by atoms with Crippen LogP contribution in [0, 0.1) is 5.82 Å². The van der Waals surface area contributed by atoms with Gasteiger partial charge >= 0.3 is 0 Å². The van der Waals surface area contributed by atoms with Crippen LogP contribution >= 0.6 is 11.3 Å². The molecule has 1 saturated heterocycles. The van der Waals surface area contributed by atoms with E-state index in [0.717, 1.165) is 12.1 Å². The SMILES string of the molecule is O=C(NC(C(=O)N1CCN(C(=O)c2cccs2)CC1)S(=O)(=O)c1ccccc1)c1ccc(F)cc1. The molecule has 182 valence electrons. The summed E-state index contributed by atoms with van der Waals surface area (Å²) in [6.45, 7) is 0.686. The molecule has 0 radical (unpaired) electrons. The summed E-state index contributed by atoms with van der Waals surface area (Å²) < 4.78 is 40.0. The summed E-state index contributed by atoms with van der Waals surface area (Å²) in [4.78, 5) is 42.2. The van der Waals surface area contributed by atoms with E-state index in [0.29, 0.717) is 4.88 Å². The van der Waals surface area contributed by atoms with Crippen LogP contribution in [0.4, 0.5) is 4.39 Å². The van der Waals surface area contributed by atoms with E-state index in [2.05, 4.69) is 5.32 Å². The summed E-state index contributed by atoms with van der Waals surface area (Å²) in [5.41, 5.74) is 0.0128. The van der Waals surface area contributed by atoms with Gasteiger partial charge in [-0.05, 0) is 47.8 Å². The van der Waals surface area contributed by atoms with E-state index in [1.165, 1.54) is 52.6 Å². The molecule has 3 amide bonds. The van der Waals surface area contributed by atoms with Gasteiger partial charge in [0.25, 0.3) is 17.7 Å². The van der Waals surface area contributed by atoms with Gasteiger partial charge in [0.2, 0.25) is 15.2 Å². The van der Waals surface area contributed by atoms with Crippen LogP contribution in [-0.4, -0.2) is 67.5 Å². The fraction of sp³-hybridized carbons (Fsp3) is 0.208. The topological polar surface area (TPSA) is 104 Å². The Morgan fingerprint density at radius 3 is 2.09 bits per heavy atom. The number of amides is 3. The molecule has 1 fully saturated rings. The normalized spacial score (nSPS) is 14.9. The van der Waals surface area contributed by atoms with Gasteiger partial charge in [-0.3, -0.25) is 14.4 Å². The molecule has 2 heterocycles. The Morgan fingerprint density at radius 1 is 0.857 bits per heavy atom. The molecule has 1 aliphatic rings. The lowest BCUT2D eigenvalue weighted by Crippen LogP contribution is -2.57. The van der Waals surface area contributed by atoms with Crippen LogP contribution in [0.5, 0.6) is 0 Å². The molecule has 1 atom stereocenters. The van der Waals surface area contributed by atoms with Crippen molar-refractivity contribution in [2.24, 2.45) is 0 Å². The fourth-order valence-electron chi connectivity index (χ4n) is 3.67. The fourth-order valence-corrected chi connectivity index (χ4v) is 5.85. The van der Waals surface area contributed by atoms with Gasteiger partial charge in [0, 0.05) is 31.7 Å². The Labute approximate surface area is 205 Å². The maximum absolute atomic E-state index is 13.4. The van der Waals surface area contributed by atoms with Crippen LogP contribution in [0.3, 0.4) is 0 Å². The van der Waals surface area contributed by atoms with Crippen molar-refractivity contribution in [2.75, 3.05) is 26.2 Å². The molecule has 1 aliphatic heterocycles. The van der Waals surface area contributed by atoms with Crippen LogP contribution in [-0.2, 0) is 14.6 Å². The van der Waals surface area contributed by atoms with Crippen molar-refractivity contribution in [1.82, 2.24) is 15.1 Å². The van der Waals surface area contributed by atoms with Crippen molar-refractivity contribution in [2.45, 2.75) is 10.3 Å². The Morgan fingerprint density at radius 2 is 1.49 bits per heavy atom. The number of sulfone groups is 1. The summed E-state index contributed by atoms with van der Waals surface area (Å²) in [6.07, 6.45) is 0. The Kier molecular flexibility index (Phi) is 7.27. The molecule has 11 heteroatoms. The van der Waals surface area contributed by atoms with Gasteiger partial charge in [0.15, 0.2) is 0 Å². The average molecular weight is 516 g/mol. The van der Waals surface area contributed by atoms with Crippen molar-refractivity contribution >= 4 is 38.9 Å². The Hall–Kier alpha value is -3.57. The number of benzene rings is 2. The predicted molar refractivity (Wildman–Crippen MR) is 128 cm³/mol. The quantitative estimate of drug-likeness (QED) is 0.543. The maximum Gasteiger partial charge on any atom is 0.264 e. The maximum atomic E-state index is 13.4. The summed E-state index contributed by atoms with van der Waals surface area (Å²) in [6, 6.07) is 15.4. The van der Waals surface area contributed by atoms with Gasteiger partial charge in [0.05, 0.1) is 9.77 Å². The van der Waals surface area contributed by atoms with Gasteiger partial charge in [-0.2, -0.15) is 0 Å². The highest BCUT2D eigenvalue weighted by molar-refractivity contribution is 7.92. The van der Waals surface area contributed by atoms with Crippen LogP contribution in [0.1, 0.15) is 20.0 Å². The zero-order valence-electron chi connectivity index (χ0n) is 18.5. The van der Waals surface area contributed by atoms with Gasteiger partial charge < -0.3 is 15.1 Å². The number of piperazine rings is 1. The van der Waals surface area contributed by atoms with E-state index >= 15 is 0 Å². The van der Waals surface area contributed by atoms with Crippen molar-refractivity contribution in [3.63, 3.8) is 0 Å². The van der Waals surface area contributed by atoms with Crippen molar-refractivity contribution in [3.8, 4) is 0 Å². The monoisotopic (exact) mass is 515 g/mol.